The molecular formula is C19H17NO2. The van der Waals surface area contributed by atoms with Crippen molar-refractivity contribution in [1.29, 1.82) is 5.26 Å². The van der Waals surface area contributed by atoms with Crippen LogP contribution in [0.5, 0.6) is 0 Å². The highest BCUT2D eigenvalue weighted by molar-refractivity contribution is 5.89. The molecular weight excluding hydrogens is 274 g/mol. The van der Waals surface area contributed by atoms with Crippen LogP contribution < -0.4 is 0 Å². The molecule has 0 radical (unpaired) electrons. The van der Waals surface area contributed by atoms with Crippen LogP contribution in [0.4, 0.5) is 0 Å². The molecule has 1 aromatic rings. The van der Waals surface area contributed by atoms with Crippen molar-refractivity contribution in [3.63, 3.8) is 0 Å². The Hall–Kier alpha value is -2.60. The third kappa shape index (κ3) is 2.37. The number of fused-ring (bicyclic) bond motifs is 2. The van der Waals surface area contributed by atoms with Gasteiger partial charge in [-0.05, 0) is 30.9 Å². The van der Waals surface area contributed by atoms with E-state index in [0.717, 1.165) is 28.7 Å². The quantitative estimate of drug-likeness (QED) is 0.608. The summed E-state index contributed by atoms with van der Waals surface area (Å²) in [5.74, 6) is -0.421. The highest BCUT2D eigenvalue weighted by Crippen LogP contribution is 2.47. The van der Waals surface area contributed by atoms with Crippen LogP contribution >= 0.6 is 0 Å². The number of ether oxygens (including phenoxy) is 1. The molecule has 3 nitrogen and oxygen atoms in total. The van der Waals surface area contributed by atoms with Crippen LogP contribution in [-0.2, 0) is 9.53 Å². The Kier molecular flexibility index (Phi) is 3.68. The molecule has 0 bridgehead atoms. The molecule has 0 amide bonds. The minimum Gasteiger partial charge on any atom is -0.449 e. The van der Waals surface area contributed by atoms with Crippen LogP contribution in [-0.4, -0.2) is 5.97 Å². The summed E-state index contributed by atoms with van der Waals surface area (Å²) < 4.78 is 5.66. The van der Waals surface area contributed by atoms with Gasteiger partial charge in [0.25, 0.3) is 0 Å². The van der Waals surface area contributed by atoms with Gasteiger partial charge in [-0.25, -0.2) is 4.79 Å². The van der Waals surface area contributed by atoms with Crippen molar-refractivity contribution in [3.8, 4) is 6.07 Å². The Morgan fingerprint density at radius 1 is 1.41 bits per heavy atom. The third-order valence-corrected chi connectivity index (χ3v) is 4.12. The Morgan fingerprint density at radius 3 is 2.91 bits per heavy atom. The summed E-state index contributed by atoms with van der Waals surface area (Å²) in [7, 11) is 0. The number of esters is 1. The smallest absolute Gasteiger partial charge is 0.334 e. The first-order chi connectivity index (χ1) is 10.6. The molecule has 0 N–H and O–H groups in total. The van der Waals surface area contributed by atoms with Gasteiger partial charge >= 0.3 is 5.97 Å². The molecule has 3 heteroatoms. The van der Waals surface area contributed by atoms with Crippen molar-refractivity contribution in [2.75, 3.05) is 0 Å². The van der Waals surface area contributed by atoms with Gasteiger partial charge in [-0.2, -0.15) is 5.26 Å². The monoisotopic (exact) mass is 291 g/mol. The highest BCUT2D eigenvalue weighted by atomic mass is 16.5. The van der Waals surface area contributed by atoms with Crippen LogP contribution in [0.3, 0.4) is 0 Å². The standard InChI is InChI=1S/C19H17NO2/c1-12(2)19(21)22-18-15-8-4-3-7-14(15)17-10-13(11-20)6-5-9-16(17)18/h3-5,7-9,13,18H,1,6,10H2,2H3/t13-,18?/m0/s1. The van der Waals surface area contributed by atoms with E-state index in [0.29, 0.717) is 12.0 Å². The van der Waals surface area contributed by atoms with Gasteiger partial charge in [0, 0.05) is 16.7 Å². The SMILES string of the molecule is C=C(C)C(=O)OC1C2=C(C[C@@H](C#N)CC=C2)c2ccccc21. The summed E-state index contributed by atoms with van der Waals surface area (Å²) in [6.07, 6.45) is 5.03. The van der Waals surface area contributed by atoms with Crippen molar-refractivity contribution in [1.82, 2.24) is 0 Å². The second-order valence-electron chi connectivity index (χ2n) is 5.76. The number of allylic oxidation sites excluding steroid dienone is 2. The Balaban J connectivity index is 2.06. The lowest BCUT2D eigenvalue weighted by Gasteiger charge is -2.16. The number of hydrogen-bond acceptors (Lipinski definition) is 3. The first kappa shape index (κ1) is 14.3. The predicted molar refractivity (Wildman–Crippen MR) is 84.5 cm³/mol. The molecule has 0 aromatic heterocycles. The average Bonchev–Trinajstić information content (AvgIpc) is 2.68. The lowest BCUT2D eigenvalue weighted by atomic mass is 9.94. The van der Waals surface area contributed by atoms with Crippen LogP contribution in [0.25, 0.3) is 5.57 Å². The van der Waals surface area contributed by atoms with Gasteiger partial charge in [0.1, 0.15) is 0 Å². The van der Waals surface area contributed by atoms with E-state index in [-0.39, 0.29) is 11.9 Å². The molecule has 0 aliphatic heterocycles. The molecule has 2 aliphatic rings. The largest absolute Gasteiger partial charge is 0.449 e. The van der Waals surface area contributed by atoms with Crippen molar-refractivity contribution >= 4 is 11.5 Å². The maximum Gasteiger partial charge on any atom is 0.334 e. The molecule has 0 spiro atoms. The zero-order valence-corrected chi connectivity index (χ0v) is 12.5. The second-order valence-corrected chi connectivity index (χ2v) is 5.76. The van der Waals surface area contributed by atoms with Crippen LogP contribution in [0, 0.1) is 17.2 Å². The van der Waals surface area contributed by atoms with Gasteiger partial charge < -0.3 is 4.74 Å². The van der Waals surface area contributed by atoms with E-state index in [4.69, 9.17) is 4.74 Å². The highest BCUT2D eigenvalue weighted by Gasteiger charge is 2.34. The number of carbonyl (C=O) groups is 1. The number of benzene rings is 1. The van der Waals surface area contributed by atoms with E-state index in [2.05, 4.69) is 12.6 Å². The number of nitriles is 1. The Morgan fingerprint density at radius 2 is 2.18 bits per heavy atom. The summed E-state index contributed by atoms with van der Waals surface area (Å²) >= 11 is 0. The summed E-state index contributed by atoms with van der Waals surface area (Å²) in [6, 6.07) is 10.3. The summed E-state index contributed by atoms with van der Waals surface area (Å²) in [4.78, 5) is 12.0. The fraction of sp³-hybridized carbons (Fsp3) is 0.263. The van der Waals surface area contributed by atoms with Crippen LogP contribution in [0.15, 0.2) is 54.1 Å². The minimum atomic E-state index is -0.399. The molecule has 2 aliphatic carbocycles. The molecule has 22 heavy (non-hydrogen) atoms. The predicted octanol–water partition coefficient (Wildman–Crippen LogP) is 4.10. The molecule has 1 aromatic carbocycles. The number of nitrogens with zero attached hydrogens (tertiary/aromatic N) is 1. The number of rotatable bonds is 2. The minimum absolute atomic E-state index is 0.0348. The molecule has 0 heterocycles. The Labute approximate surface area is 130 Å². The van der Waals surface area contributed by atoms with Crippen molar-refractivity contribution < 1.29 is 9.53 Å². The molecule has 2 atom stereocenters. The van der Waals surface area contributed by atoms with Crippen LogP contribution in [0.1, 0.15) is 37.0 Å². The lowest BCUT2D eigenvalue weighted by molar-refractivity contribution is -0.142. The Bertz CT molecular complexity index is 749. The van der Waals surface area contributed by atoms with Crippen LogP contribution in [0.2, 0.25) is 0 Å². The van der Waals surface area contributed by atoms with Gasteiger partial charge in [0.05, 0.1) is 12.0 Å². The maximum absolute atomic E-state index is 12.0. The van der Waals surface area contributed by atoms with E-state index in [1.807, 2.05) is 36.4 Å². The summed E-state index contributed by atoms with van der Waals surface area (Å²) in [5.41, 5.74) is 4.58. The normalized spacial score (nSPS) is 22.4. The second kappa shape index (κ2) is 5.65. The zero-order chi connectivity index (χ0) is 15.7. The summed E-state index contributed by atoms with van der Waals surface area (Å²) in [6.45, 7) is 5.30. The zero-order valence-electron chi connectivity index (χ0n) is 12.5. The third-order valence-electron chi connectivity index (χ3n) is 4.12. The van der Waals surface area contributed by atoms with Gasteiger partial charge in [0.2, 0.25) is 0 Å². The fourth-order valence-corrected chi connectivity index (χ4v) is 3.02. The molecule has 1 unspecified atom stereocenters. The number of hydrogen-bond donors (Lipinski definition) is 0. The van der Waals surface area contributed by atoms with Crippen molar-refractivity contribution in [2.24, 2.45) is 5.92 Å². The van der Waals surface area contributed by atoms with E-state index < -0.39 is 6.10 Å². The van der Waals surface area contributed by atoms with E-state index in [1.165, 1.54) is 0 Å². The first-order valence-corrected chi connectivity index (χ1v) is 7.36. The topological polar surface area (TPSA) is 50.1 Å². The molecule has 110 valence electrons. The van der Waals surface area contributed by atoms with Crippen molar-refractivity contribution in [3.05, 3.63) is 65.3 Å². The molecule has 0 fully saturated rings. The average molecular weight is 291 g/mol. The van der Waals surface area contributed by atoms with E-state index in [9.17, 15) is 10.1 Å². The van der Waals surface area contributed by atoms with Gasteiger partial charge in [0.15, 0.2) is 6.10 Å². The van der Waals surface area contributed by atoms with E-state index >= 15 is 0 Å². The van der Waals surface area contributed by atoms with Gasteiger partial charge in [-0.15, -0.1) is 0 Å². The molecule has 0 saturated heterocycles. The maximum atomic E-state index is 12.0. The summed E-state index contributed by atoms with van der Waals surface area (Å²) in [5, 5.41) is 9.26. The molecule has 0 saturated carbocycles. The van der Waals surface area contributed by atoms with Crippen molar-refractivity contribution in [2.45, 2.75) is 25.9 Å². The van der Waals surface area contributed by atoms with Gasteiger partial charge in [-0.3, -0.25) is 0 Å². The number of carbonyl (C=O) groups excluding carboxylic acids is 1. The first-order valence-electron chi connectivity index (χ1n) is 7.36. The van der Waals surface area contributed by atoms with Gasteiger partial charge in [-0.1, -0.05) is 43.0 Å². The molecule has 3 rings (SSSR count). The lowest BCUT2D eigenvalue weighted by Crippen LogP contribution is -2.11. The van der Waals surface area contributed by atoms with E-state index in [1.54, 1.807) is 6.92 Å². The fourth-order valence-electron chi connectivity index (χ4n) is 3.02.